The summed E-state index contributed by atoms with van der Waals surface area (Å²) in [5, 5.41) is 0.506. The second-order valence-corrected chi connectivity index (χ2v) is 3.68. The Balaban J connectivity index is 2.26. The van der Waals surface area contributed by atoms with Crippen molar-refractivity contribution in [1.82, 2.24) is 4.98 Å². The van der Waals surface area contributed by atoms with Crippen LogP contribution in [0.2, 0.25) is 0 Å². The normalized spacial score (nSPS) is 10.9. The molecule has 0 aliphatic carbocycles. The van der Waals surface area contributed by atoms with E-state index in [0.717, 1.165) is 5.56 Å². The van der Waals surface area contributed by atoms with Gasteiger partial charge in [0, 0.05) is 17.1 Å². The molecule has 4 heteroatoms. The SMILES string of the molecule is O=Cc1ccc(-c2ccc(F)c3cc[nH]c23)o1. The van der Waals surface area contributed by atoms with E-state index in [4.69, 9.17) is 4.42 Å². The van der Waals surface area contributed by atoms with Crippen molar-refractivity contribution < 1.29 is 13.6 Å². The van der Waals surface area contributed by atoms with Gasteiger partial charge in [-0.2, -0.15) is 0 Å². The fraction of sp³-hybridized carbons (Fsp3) is 0. The maximum atomic E-state index is 13.5. The van der Waals surface area contributed by atoms with Crippen LogP contribution < -0.4 is 0 Å². The highest BCUT2D eigenvalue weighted by atomic mass is 19.1. The van der Waals surface area contributed by atoms with Crippen LogP contribution in [0.25, 0.3) is 22.2 Å². The van der Waals surface area contributed by atoms with Crippen molar-refractivity contribution in [1.29, 1.82) is 0 Å². The molecule has 2 aromatic heterocycles. The Labute approximate surface area is 95.9 Å². The van der Waals surface area contributed by atoms with Crippen LogP contribution in [0.4, 0.5) is 4.39 Å². The molecule has 0 saturated heterocycles. The van der Waals surface area contributed by atoms with Crippen LogP contribution in [0.1, 0.15) is 10.6 Å². The van der Waals surface area contributed by atoms with E-state index in [-0.39, 0.29) is 11.6 Å². The van der Waals surface area contributed by atoms with E-state index >= 15 is 0 Å². The van der Waals surface area contributed by atoms with Crippen LogP contribution in [0.3, 0.4) is 0 Å². The predicted molar refractivity (Wildman–Crippen MR) is 61.3 cm³/mol. The standard InChI is InChI=1S/C13H8FNO2/c14-11-3-2-10(13-9(11)5-6-15-13)12-4-1-8(7-16)17-12/h1-7,15H. The number of carbonyl (C=O) groups excluding carboxylic acids is 1. The van der Waals surface area contributed by atoms with Crippen molar-refractivity contribution in [3.8, 4) is 11.3 Å². The van der Waals surface area contributed by atoms with Gasteiger partial charge in [-0.1, -0.05) is 0 Å². The maximum absolute atomic E-state index is 13.5. The second kappa shape index (κ2) is 3.59. The molecule has 3 nitrogen and oxygen atoms in total. The van der Waals surface area contributed by atoms with E-state index in [2.05, 4.69) is 4.98 Å². The number of aldehydes is 1. The Morgan fingerprint density at radius 3 is 2.82 bits per heavy atom. The molecule has 3 aromatic rings. The number of aromatic nitrogens is 1. The van der Waals surface area contributed by atoms with E-state index in [1.807, 2.05) is 0 Å². The third-order valence-corrected chi connectivity index (χ3v) is 2.68. The number of carbonyl (C=O) groups is 1. The topological polar surface area (TPSA) is 46.0 Å². The monoisotopic (exact) mass is 229 g/mol. The molecule has 3 rings (SSSR count). The molecule has 0 amide bonds. The molecule has 0 saturated carbocycles. The van der Waals surface area contributed by atoms with Gasteiger partial charge in [0.1, 0.15) is 11.6 Å². The summed E-state index contributed by atoms with van der Waals surface area (Å²) in [7, 11) is 0. The third kappa shape index (κ3) is 1.45. The minimum atomic E-state index is -0.285. The van der Waals surface area contributed by atoms with Crippen molar-refractivity contribution in [2.45, 2.75) is 0 Å². The molecule has 2 heterocycles. The molecule has 1 aromatic carbocycles. The summed E-state index contributed by atoms with van der Waals surface area (Å²) < 4.78 is 18.8. The zero-order valence-electron chi connectivity index (χ0n) is 8.74. The van der Waals surface area contributed by atoms with Gasteiger partial charge in [0.15, 0.2) is 12.0 Å². The quantitative estimate of drug-likeness (QED) is 0.684. The minimum Gasteiger partial charge on any atom is -0.453 e. The first-order chi connectivity index (χ1) is 8.29. The minimum absolute atomic E-state index is 0.254. The number of aromatic amines is 1. The lowest BCUT2D eigenvalue weighted by Crippen LogP contribution is -1.81. The molecule has 0 fully saturated rings. The van der Waals surface area contributed by atoms with Crippen LogP contribution >= 0.6 is 0 Å². The lowest BCUT2D eigenvalue weighted by Gasteiger charge is -2.00. The zero-order valence-corrected chi connectivity index (χ0v) is 8.74. The van der Waals surface area contributed by atoms with Crippen LogP contribution in [0, 0.1) is 5.82 Å². The third-order valence-electron chi connectivity index (χ3n) is 2.68. The number of furan rings is 1. The Morgan fingerprint density at radius 2 is 2.06 bits per heavy atom. The number of nitrogens with one attached hydrogen (secondary N) is 1. The Kier molecular flexibility index (Phi) is 2.08. The van der Waals surface area contributed by atoms with Gasteiger partial charge >= 0.3 is 0 Å². The van der Waals surface area contributed by atoms with Gasteiger partial charge in [0.2, 0.25) is 0 Å². The lowest BCUT2D eigenvalue weighted by atomic mass is 10.1. The van der Waals surface area contributed by atoms with E-state index in [0.29, 0.717) is 22.9 Å². The summed E-state index contributed by atoms with van der Waals surface area (Å²) >= 11 is 0. The van der Waals surface area contributed by atoms with Crippen molar-refractivity contribution in [3.05, 3.63) is 48.1 Å². The number of H-pyrrole nitrogens is 1. The van der Waals surface area contributed by atoms with Crippen LogP contribution in [-0.4, -0.2) is 11.3 Å². The first-order valence-corrected chi connectivity index (χ1v) is 5.10. The molecule has 0 spiro atoms. The summed E-state index contributed by atoms with van der Waals surface area (Å²) in [5.41, 5.74) is 1.40. The van der Waals surface area contributed by atoms with Crippen molar-refractivity contribution in [3.63, 3.8) is 0 Å². The highest BCUT2D eigenvalue weighted by Gasteiger charge is 2.11. The van der Waals surface area contributed by atoms with Gasteiger partial charge in [-0.25, -0.2) is 4.39 Å². The van der Waals surface area contributed by atoms with Gasteiger partial charge in [-0.15, -0.1) is 0 Å². The first-order valence-electron chi connectivity index (χ1n) is 5.10. The van der Waals surface area contributed by atoms with Gasteiger partial charge in [0.25, 0.3) is 0 Å². The molecule has 0 atom stereocenters. The lowest BCUT2D eigenvalue weighted by molar-refractivity contribution is 0.110. The molecular formula is C13H8FNO2. The van der Waals surface area contributed by atoms with Crippen LogP contribution in [-0.2, 0) is 0 Å². The van der Waals surface area contributed by atoms with Gasteiger partial charge in [-0.3, -0.25) is 4.79 Å². The summed E-state index contributed by atoms with van der Waals surface area (Å²) in [5.74, 6) is 0.510. The molecule has 0 aliphatic rings. The fourth-order valence-electron chi connectivity index (χ4n) is 1.89. The number of rotatable bonds is 2. The molecular weight excluding hydrogens is 221 g/mol. The van der Waals surface area contributed by atoms with E-state index in [1.54, 1.807) is 30.5 Å². The first kappa shape index (κ1) is 9.84. The highest BCUT2D eigenvalue weighted by Crippen LogP contribution is 2.30. The van der Waals surface area contributed by atoms with E-state index in [9.17, 15) is 9.18 Å². The Morgan fingerprint density at radius 1 is 1.18 bits per heavy atom. The van der Waals surface area contributed by atoms with Crippen molar-refractivity contribution in [2.75, 3.05) is 0 Å². The number of hydrogen-bond acceptors (Lipinski definition) is 2. The number of benzene rings is 1. The Bertz CT molecular complexity index is 696. The van der Waals surface area contributed by atoms with Crippen molar-refractivity contribution in [2.24, 2.45) is 0 Å². The van der Waals surface area contributed by atoms with Crippen molar-refractivity contribution >= 4 is 17.2 Å². The highest BCUT2D eigenvalue weighted by molar-refractivity contribution is 5.93. The molecule has 0 aliphatic heterocycles. The van der Waals surface area contributed by atoms with Crippen LogP contribution in [0.15, 0.2) is 40.9 Å². The summed E-state index contributed by atoms with van der Waals surface area (Å²) in [6.45, 7) is 0. The fourth-order valence-corrected chi connectivity index (χ4v) is 1.89. The number of fused-ring (bicyclic) bond motifs is 1. The Hall–Kier alpha value is -2.36. The largest absolute Gasteiger partial charge is 0.453 e. The summed E-state index contributed by atoms with van der Waals surface area (Å²) in [6.07, 6.45) is 2.31. The molecule has 0 unspecified atom stereocenters. The smallest absolute Gasteiger partial charge is 0.185 e. The zero-order chi connectivity index (χ0) is 11.8. The average molecular weight is 229 g/mol. The summed E-state index contributed by atoms with van der Waals surface area (Å²) in [4.78, 5) is 13.5. The van der Waals surface area contributed by atoms with Gasteiger partial charge in [-0.05, 0) is 30.3 Å². The molecule has 17 heavy (non-hydrogen) atoms. The van der Waals surface area contributed by atoms with E-state index < -0.39 is 0 Å². The maximum Gasteiger partial charge on any atom is 0.185 e. The molecule has 1 N–H and O–H groups in total. The van der Waals surface area contributed by atoms with E-state index in [1.165, 1.54) is 6.07 Å². The van der Waals surface area contributed by atoms with Crippen LogP contribution in [0.5, 0.6) is 0 Å². The number of halogens is 1. The molecule has 0 bridgehead atoms. The van der Waals surface area contributed by atoms with Gasteiger partial charge < -0.3 is 9.40 Å². The van der Waals surface area contributed by atoms with Gasteiger partial charge in [0.05, 0.1) is 5.52 Å². The average Bonchev–Trinajstić information content (AvgIpc) is 2.98. The number of hydrogen-bond donors (Lipinski definition) is 1. The molecule has 84 valence electrons. The predicted octanol–water partition coefficient (Wildman–Crippen LogP) is 3.38. The molecule has 0 radical (unpaired) electrons. The second-order valence-electron chi connectivity index (χ2n) is 3.68. The summed E-state index contributed by atoms with van der Waals surface area (Å²) in [6, 6.07) is 7.95.